The highest BCUT2D eigenvalue weighted by atomic mass is 32.2. The highest BCUT2D eigenvalue weighted by Crippen LogP contribution is 2.32. The van der Waals surface area contributed by atoms with E-state index in [-0.39, 0.29) is 6.42 Å². The fourth-order valence-corrected chi connectivity index (χ4v) is 1.88. The SMILES string of the molecule is CSC(N)(CC(=O)O)c1ccccc1. The van der Waals surface area contributed by atoms with E-state index in [4.69, 9.17) is 10.8 Å². The van der Waals surface area contributed by atoms with Crippen molar-refractivity contribution in [1.29, 1.82) is 0 Å². The van der Waals surface area contributed by atoms with Gasteiger partial charge in [0.2, 0.25) is 0 Å². The maximum atomic E-state index is 10.7. The number of benzene rings is 1. The monoisotopic (exact) mass is 211 g/mol. The summed E-state index contributed by atoms with van der Waals surface area (Å²) < 4.78 is 0. The summed E-state index contributed by atoms with van der Waals surface area (Å²) in [6.07, 6.45) is 1.74. The Morgan fingerprint density at radius 1 is 1.50 bits per heavy atom. The average molecular weight is 211 g/mol. The molecule has 3 nitrogen and oxygen atoms in total. The second-order valence-electron chi connectivity index (χ2n) is 3.03. The van der Waals surface area contributed by atoms with Gasteiger partial charge in [0.05, 0.1) is 11.3 Å². The van der Waals surface area contributed by atoms with Gasteiger partial charge in [-0.05, 0) is 11.8 Å². The molecule has 0 radical (unpaired) electrons. The van der Waals surface area contributed by atoms with E-state index in [1.165, 1.54) is 11.8 Å². The number of aliphatic carboxylic acids is 1. The van der Waals surface area contributed by atoms with Gasteiger partial charge >= 0.3 is 5.97 Å². The van der Waals surface area contributed by atoms with Gasteiger partial charge in [-0.3, -0.25) is 4.79 Å². The maximum Gasteiger partial charge on any atom is 0.306 e. The van der Waals surface area contributed by atoms with Gasteiger partial charge in [0.15, 0.2) is 0 Å². The van der Waals surface area contributed by atoms with E-state index >= 15 is 0 Å². The lowest BCUT2D eigenvalue weighted by Crippen LogP contribution is -2.35. The van der Waals surface area contributed by atoms with E-state index in [9.17, 15) is 4.79 Å². The molecule has 3 N–H and O–H groups in total. The third-order valence-electron chi connectivity index (χ3n) is 2.04. The first-order chi connectivity index (χ1) is 6.58. The lowest BCUT2D eigenvalue weighted by atomic mass is 10.0. The molecule has 0 aromatic heterocycles. The van der Waals surface area contributed by atoms with Crippen LogP contribution < -0.4 is 5.73 Å². The molecule has 1 aromatic carbocycles. The summed E-state index contributed by atoms with van der Waals surface area (Å²) in [7, 11) is 0. The summed E-state index contributed by atoms with van der Waals surface area (Å²) in [6.45, 7) is 0. The Bertz CT molecular complexity index is 315. The minimum atomic E-state index is -0.884. The summed E-state index contributed by atoms with van der Waals surface area (Å²) in [5.74, 6) is -0.884. The predicted molar refractivity (Wildman–Crippen MR) is 58.1 cm³/mol. The first kappa shape index (κ1) is 11.1. The number of carboxylic acids is 1. The standard InChI is InChI=1S/C10H13NO2S/c1-14-10(11,7-9(12)13)8-5-3-2-4-6-8/h2-6H,7,11H2,1H3,(H,12,13). The van der Waals surface area contributed by atoms with Crippen LogP contribution in [-0.4, -0.2) is 17.3 Å². The van der Waals surface area contributed by atoms with Crippen LogP contribution >= 0.6 is 11.8 Å². The van der Waals surface area contributed by atoms with Crippen LogP contribution in [0, 0.1) is 0 Å². The third-order valence-corrected chi connectivity index (χ3v) is 3.15. The summed E-state index contributed by atoms with van der Waals surface area (Å²) in [4.78, 5) is 9.83. The van der Waals surface area contributed by atoms with Crippen LogP contribution in [-0.2, 0) is 9.67 Å². The minimum absolute atomic E-state index is 0.0713. The molecular weight excluding hydrogens is 198 g/mol. The minimum Gasteiger partial charge on any atom is -0.481 e. The molecule has 0 heterocycles. The van der Waals surface area contributed by atoms with Gasteiger partial charge in [-0.1, -0.05) is 30.3 Å². The molecule has 0 aliphatic rings. The number of hydrogen-bond donors (Lipinski definition) is 2. The number of carboxylic acid groups (broad SMARTS) is 1. The molecule has 14 heavy (non-hydrogen) atoms. The van der Waals surface area contributed by atoms with Crippen molar-refractivity contribution in [3.8, 4) is 0 Å². The molecule has 1 atom stereocenters. The van der Waals surface area contributed by atoms with Gasteiger partial charge < -0.3 is 10.8 Å². The second kappa shape index (κ2) is 4.48. The Kier molecular flexibility index (Phi) is 3.55. The van der Waals surface area contributed by atoms with Crippen LogP contribution in [0.4, 0.5) is 0 Å². The quantitative estimate of drug-likeness (QED) is 0.743. The normalized spacial score (nSPS) is 14.7. The molecule has 0 aliphatic carbocycles. The molecule has 0 saturated heterocycles. The number of carbonyl (C=O) groups is 1. The molecule has 0 spiro atoms. The van der Waals surface area contributed by atoms with Crippen LogP contribution in [0.25, 0.3) is 0 Å². The van der Waals surface area contributed by atoms with Crippen molar-refractivity contribution in [2.75, 3.05) is 6.26 Å². The summed E-state index contributed by atoms with van der Waals surface area (Å²) in [6, 6.07) is 9.29. The van der Waals surface area contributed by atoms with Gasteiger partial charge in [0.25, 0.3) is 0 Å². The van der Waals surface area contributed by atoms with E-state index in [1.54, 1.807) is 0 Å². The first-order valence-corrected chi connectivity index (χ1v) is 5.42. The first-order valence-electron chi connectivity index (χ1n) is 4.20. The maximum absolute atomic E-state index is 10.7. The summed E-state index contributed by atoms with van der Waals surface area (Å²) in [5, 5.41) is 8.75. The van der Waals surface area contributed by atoms with Crippen LogP contribution in [0.1, 0.15) is 12.0 Å². The van der Waals surface area contributed by atoms with Crippen LogP contribution in [0.5, 0.6) is 0 Å². The number of thioether (sulfide) groups is 1. The zero-order chi connectivity index (χ0) is 10.6. The van der Waals surface area contributed by atoms with E-state index < -0.39 is 10.8 Å². The van der Waals surface area contributed by atoms with Crippen LogP contribution in [0.2, 0.25) is 0 Å². The summed E-state index contributed by atoms with van der Waals surface area (Å²) in [5.41, 5.74) is 6.84. The highest BCUT2D eigenvalue weighted by Gasteiger charge is 2.28. The molecule has 1 rings (SSSR count). The number of hydrogen-bond acceptors (Lipinski definition) is 3. The van der Waals surface area contributed by atoms with E-state index in [2.05, 4.69) is 0 Å². The lowest BCUT2D eigenvalue weighted by molar-refractivity contribution is -0.137. The van der Waals surface area contributed by atoms with Crippen molar-refractivity contribution in [3.05, 3.63) is 35.9 Å². The molecular formula is C10H13NO2S. The zero-order valence-electron chi connectivity index (χ0n) is 7.93. The van der Waals surface area contributed by atoms with E-state index in [1.807, 2.05) is 36.6 Å². The van der Waals surface area contributed by atoms with Crippen LogP contribution in [0.15, 0.2) is 30.3 Å². The van der Waals surface area contributed by atoms with E-state index in [0.717, 1.165) is 5.56 Å². The molecule has 0 saturated carbocycles. The Morgan fingerprint density at radius 2 is 2.07 bits per heavy atom. The lowest BCUT2D eigenvalue weighted by Gasteiger charge is -2.25. The van der Waals surface area contributed by atoms with Gasteiger partial charge in [-0.15, -0.1) is 11.8 Å². The van der Waals surface area contributed by atoms with Gasteiger partial charge in [0, 0.05) is 0 Å². The fraction of sp³-hybridized carbons (Fsp3) is 0.300. The fourth-order valence-electron chi connectivity index (χ4n) is 1.24. The Balaban J connectivity index is 2.95. The summed E-state index contributed by atoms with van der Waals surface area (Å²) >= 11 is 1.35. The van der Waals surface area contributed by atoms with Crippen molar-refractivity contribution in [3.63, 3.8) is 0 Å². The molecule has 76 valence electrons. The molecule has 1 unspecified atom stereocenters. The third kappa shape index (κ3) is 2.49. The van der Waals surface area contributed by atoms with Crippen molar-refractivity contribution >= 4 is 17.7 Å². The molecule has 0 fully saturated rings. The van der Waals surface area contributed by atoms with Gasteiger partial charge in [-0.2, -0.15) is 0 Å². The van der Waals surface area contributed by atoms with Crippen molar-refractivity contribution in [2.24, 2.45) is 5.73 Å². The van der Waals surface area contributed by atoms with Crippen molar-refractivity contribution in [2.45, 2.75) is 11.3 Å². The van der Waals surface area contributed by atoms with Gasteiger partial charge in [-0.25, -0.2) is 0 Å². The smallest absolute Gasteiger partial charge is 0.306 e. The molecule has 1 aromatic rings. The average Bonchev–Trinajstić information content (AvgIpc) is 2.18. The zero-order valence-corrected chi connectivity index (χ0v) is 8.75. The largest absolute Gasteiger partial charge is 0.481 e. The highest BCUT2D eigenvalue weighted by molar-refractivity contribution is 7.99. The molecule has 0 amide bonds. The van der Waals surface area contributed by atoms with Crippen LogP contribution in [0.3, 0.4) is 0 Å². The topological polar surface area (TPSA) is 63.3 Å². The second-order valence-corrected chi connectivity index (χ2v) is 4.17. The predicted octanol–water partition coefficient (Wildman–Crippen LogP) is 1.64. The van der Waals surface area contributed by atoms with Crippen molar-refractivity contribution in [1.82, 2.24) is 0 Å². The van der Waals surface area contributed by atoms with E-state index in [0.29, 0.717) is 0 Å². The number of nitrogens with two attached hydrogens (primary N) is 1. The molecule has 4 heteroatoms. The molecule has 0 aliphatic heterocycles. The Hall–Kier alpha value is -1.00. The van der Waals surface area contributed by atoms with Gasteiger partial charge in [0.1, 0.15) is 0 Å². The Labute approximate surface area is 87.3 Å². The molecule has 0 bridgehead atoms. The van der Waals surface area contributed by atoms with Crippen molar-refractivity contribution < 1.29 is 9.90 Å². The number of rotatable bonds is 4. The Morgan fingerprint density at radius 3 is 2.50 bits per heavy atom.